The minimum absolute atomic E-state index is 0.0140. The Morgan fingerprint density at radius 3 is 2.37 bits per heavy atom. The second-order valence-electron chi connectivity index (χ2n) is 5.06. The second-order valence-corrected chi connectivity index (χ2v) is 5.88. The van der Waals surface area contributed by atoms with Gasteiger partial charge in [-0.05, 0) is 36.4 Å². The van der Waals surface area contributed by atoms with Crippen LogP contribution >= 0.6 is 23.2 Å². The summed E-state index contributed by atoms with van der Waals surface area (Å²) in [5.41, 5.74) is -0.640. The van der Waals surface area contributed by atoms with Crippen LogP contribution in [0, 0.1) is 0 Å². The van der Waals surface area contributed by atoms with Gasteiger partial charge in [0, 0.05) is 7.05 Å². The summed E-state index contributed by atoms with van der Waals surface area (Å²) in [5, 5.41) is 2.32. The predicted octanol–water partition coefficient (Wildman–Crippen LogP) is 5.54. The Morgan fingerprint density at radius 1 is 1.11 bits per heavy atom. The average Bonchev–Trinajstić information content (AvgIpc) is 2.62. The molecular formula is C17H13Cl2F3N2O3. The third-order valence-electron chi connectivity index (χ3n) is 3.27. The minimum Gasteiger partial charge on any atom is -0.480 e. The van der Waals surface area contributed by atoms with E-state index in [1.165, 1.54) is 32.4 Å². The molecule has 0 saturated carbocycles. The first-order valence-electron chi connectivity index (χ1n) is 7.34. The number of nitrogens with one attached hydrogen (secondary N) is 1. The Labute approximate surface area is 162 Å². The number of hydrogen-bond acceptors (Lipinski definition) is 3. The zero-order chi connectivity index (χ0) is 20.2. The van der Waals surface area contributed by atoms with Gasteiger partial charge < -0.3 is 14.8 Å². The van der Waals surface area contributed by atoms with Gasteiger partial charge in [-0.2, -0.15) is 18.2 Å². The zero-order valence-electron chi connectivity index (χ0n) is 14.0. The number of aliphatic imine (C=N–C) groups is 1. The lowest BCUT2D eigenvalue weighted by Crippen LogP contribution is -2.17. The third-order valence-corrected chi connectivity index (χ3v) is 3.89. The maximum atomic E-state index is 12.7. The lowest BCUT2D eigenvalue weighted by molar-refractivity contribution is -0.137. The van der Waals surface area contributed by atoms with Crippen molar-refractivity contribution in [3.63, 3.8) is 0 Å². The molecule has 0 unspecified atom stereocenters. The summed E-state index contributed by atoms with van der Waals surface area (Å²) in [4.78, 5) is 15.1. The van der Waals surface area contributed by atoms with Gasteiger partial charge >= 0.3 is 12.2 Å². The van der Waals surface area contributed by atoms with E-state index >= 15 is 0 Å². The van der Waals surface area contributed by atoms with Crippen LogP contribution in [-0.4, -0.2) is 26.1 Å². The summed E-state index contributed by atoms with van der Waals surface area (Å²) in [5.74, 6) is 0.154. The molecule has 0 atom stereocenters. The Bertz CT molecular complexity index is 886. The molecule has 2 aromatic carbocycles. The van der Waals surface area contributed by atoms with Crippen molar-refractivity contribution in [3.05, 3.63) is 57.6 Å². The SMILES string of the molecule is CNC(=O)N=C(OC)c1cc(Oc2ccc(C(F)(F)F)cc2Cl)ccc1Cl. The molecule has 27 heavy (non-hydrogen) atoms. The van der Waals surface area contributed by atoms with Gasteiger partial charge in [0.25, 0.3) is 0 Å². The lowest BCUT2D eigenvalue weighted by atomic mass is 10.2. The smallest absolute Gasteiger partial charge is 0.416 e. The summed E-state index contributed by atoms with van der Waals surface area (Å²) in [7, 11) is 2.70. The van der Waals surface area contributed by atoms with Gasteiger partial charge in [-0.15, -0.1) is 0 Å². The Kier molecular flexibility index (Phi) is 6.56. The van der Waals surface area contributed by atoms with Crippen molar-refractivity contribution in [2.45, 2.75) is 6.18 Å². The molecule has 0 aliphatic carbocycles. The number of carbonyl (C=O) groups is 1. The molecule has 2 aromatic rings. The Morgan fingerprint density at radius 2 is 1.81 bits per heavy atom. The highest BCUT2D eigenvalue weighted by molar-refractivity contribution is 6.34. The first kappa shape index (κ1) is 20.9. The van der Waals surface area contributed by atoms with Crippen LogP contribution in [0.5, 0.6) is 11.5 Å². The number of methoxy groups -OCH3 is 1. The molecule has 144 valence electrons. The predicted molar refractivity (Wildman–Crippen MR) is 96.0 cm³/mol. The van der Waals surface area contributed by atoms with E-state index in [1.54, 1.807) is 0 Å². The monoisotopic (exact) mass is 420 g/mol. The van der Waals surface area contributed by atoms with E-state index in [4.69, 9.17) is 32.7 Å². The van der Waals surface area contributed by atoms with Crippen LogP contribution in [0.15, 0.2) is 41.4 Å². The summed E-state index contributed by atoms with van der Waals surface area (Å²) < 4.78 is 48.7. The number of alkyl halides is 3. The molecular weight excluding hydrogens is 408 g/mol. The van der Waals surface area contributed by atoms with Crippen LogP contribution in [0.2, 0.25) is 10.0 Å². The van der Waals surface area contributed by atoms with Crippen molar-refractivity contribution < 1.29 is 27.4 Å². The number of amides is 2. The van der Waals surface area contributed by atoms with Crippen molar-refractivity contribution >= 4 is 35.1 Å². The van der Waals surface area contributed by atoms with Crippen LogP contribution in [0.4, 0.5) is 18.0 Å². The fourth-order valence-corrected chi connectivity index (χ4v) is 2.40. The molecule has 0 fully saturated rings. The molecule has 5 nitrogen and oxygen atoms in total. The normalized spacial score (nSPS) is 11.9. The lowest BCUT2D eigenvalue weighted by Gasteiger charge is -2.13. The summed E-state index contributed by atoms with van der Waals surface area (Å²) in [6.45, 7) is 0. The molecule has 2 rings (SSSR count). The van der Waals surface area contributed by atoms with Crippen molar-refractivity contribution in [3.8, 4) is 11.5 Å². The van der Waals surface area contributed by atoms with E-state index in [0.717, 1.165) is 18.2 Å². The zero-order valence-corrected chi connectivity index (χ0v) is 15.5. The number of nitrogens with zero attached hydrogens (tertiary/aromatic N) is 1. The molecule has 0 aliphatic rings. The molecule has 0 bridgehead atoms. The number of benzene rings is 2. The van der Waals surface area contributed by atoms with E-state index in [1.807, 2.05) is 0 Å². The number of ether oxygens (including phenoxy) is 2. The Hall–Kier alpha value is -2.45. The molecule has 2 amide bonds. The molecule has 0 aliphatic heterocycles. The number of hydrogen-bond donors (Lipinski definition) is 1. The van der Waals surface area contributed by atoms with E-state index < -0.39 is 17.8 Å². The van der Waals surface area contributed by atoms with Gasteiger partial charge in [-0.25, -0.2) is 4.79 Å². The molecule has 0 heterocycles. The number of urea groups is 1. The van der Waals surface area contributed by atoms with E-state index in [-0.39, 0.29) is 33.0 Å². The maximum absolute atomic E-state index is 12.7. The van der Waals surface area contributed by atoms with E-state index in [2.05, 4.69) is 10.3 Å². The topological polar surface area (TPSA) is 59.9 Å². The number of rotatable bonds is 3. The van der Waals surface area contributed by atoms with Gasteiger partial charge in [-0.3, -0.25) is 0 Å². The molecule has 0 spiro atoms. The van der Waals surface area contributed by atoms with Gasteiger partial charge in [0.1, 0.15) is 11.5 Å². The fourth-order valence-electron chi connectivity index (χ4n) is 1.98. The highest BCUT2D eigenvalue weighted by atomic mass is 35.5. The molecule has 0 saturated heterocycles. The summed E-state index contributed by atoms with van der Waals surface area (Å²) in [6.07, 6.45) is -4.51. The fraction of sp³-hybridized carbons (Fsp3) is 0.176. The highest BCUT2D eigenvalue weighted by Gasteiger charge is 2.31. The van der Waals surface area contributed by atoms with Gasteiger partial charge in [0.05, 0.1) is 28.3 Å². The number of halogens is 5. The van der Waals surface area contributed by atoms with Crippen LogP contribution in [0.1, 0.15) is 11.1 Å². The second kappa shape index (κ2) is 8.49. The maximum Gasteiger partial charge on any atom is 0.416 e. The molecule has 0 aromatic heterocycles. The quantitative estimate of drug-likeness (QED) is 0.523. The number of carbonyl (C=O) groups excluding carboxylic acids is 1. The van der Waals surface area contributed by atoms with Crippen LogP contribution in [0.3, 0.4) is 0 Å². The largest absolute Gasteiger partial charge is 0.480 e. The Balaban J connectivity index is 2.36. The summed E-state index contributed by atoms with van der Waals surface area (Å²) >= 11 is 12.0. The highest BCUT2D eigenvalue weighted by Crippen LogP contribution is 2.37. The summed E-state index contributed by atoms with van der Waals surface area (Å²) in [6, 6.07) is 6.43. The molecule has 1 N–H and O–H groups in total. The van der Waals surface area contributed by atoms with Crippen molar-refractivity contribution in [2.24, 2.45) is 4.99 Å². The van der Waals surface area contributed by atoms with Crippen LogP contribution in [-0.2, 0) is 10.9 Å². The van der Waals surface area contributed by atoms with Crippen LogP contribution < -0.4 is 10.1 Å². The van der Waals surface area contributed by atoms with Crippen molar-refractivity contribution in [1.29, 1.82) is 0 Å². The van der Waals surface area contributed by atoms with Gasteiger partial charge in [-0.1, -0.05) is 23.2 Å². The standard InChI is InChI=1S/C17H13Cl2F3N2O3/c1-23-16(25)24-15(26-2)11-8-10(4-5-12(11)18)27-14-6-3-9(7-13(14)19)17(20,21)22/h3-8H,1-2H3,(H,23,25). The first-order chi connectivity index (χ1) is 12.7. The minimum atomic E-state index is -4.51. The van der Waals surface area contributed by atoms with Gasteiger partial charge in [0.2, 0.25) is 5.90 Å². The van der Waals surface area contributed by atoms with E-state index in [9.17, 15) is 18.0 Å². The molecule has 10 heteroatoms. The van der Waals surface area contributed by atoms with Crippen LogP contribution in [0.25, 0.3) is 0 Å². The first-order valence-corrected chi connectivity index (χ1v) is 8.10. The average molecular weight is 421 g/mol. The van der Waals surface area contributed by atoms with Crippen molar-refractivity contribution in [1.82, 2.24) is 5.32 Å². The van der Waals surface area contributed by atoms with Crippen molar-refractivity contribution in [2.75, 3.05) is 14.2 Å². The van der Waals surface area contributed by atoms with Gasteiger partial charge in [0.15, 0.2) is 0 Å². The van der Waals surface area contributed by atoms with E-state index in [0.29, 0.717) is 0 Å². The molecule has 0 radical (unpaired) electrons. The third kappa shape index (κ3) is 5.27.